The molecule has 0 atom stereocenters. The van der Waals surface area contributed by atoms with E-state index in [-0.39, 0.29) is 0 Å². The molecule has 0 heterocycles. The van der Waals surface area contributed by atoms with Gasteiger partial charge in [-0.15, -0.1) is 0 Å². The molecule has 1 heteroatoms. The highest BCUT2D eigenvalue weighted by Gasteiger charge is 2.02. The highest BCUT2D eigenvalue weighted by Crippen LogP contribution is 2.14. The molecule has 58 valence electrons. The highest BCUT2D eigenvalue weighted by molar-refractivity contribution is 5.84. The van der Waals surface area contributed by atoms with Crippen molar-refractivity contribution in [3.63, 3.8) is 0 Å². The molecule has 0 bridgehead atoms. The van der Waals surface area contributed by atoms with Gasteiger partial charge in [-0.25, -0.2) is 0 Å². The molecule has 0 N–H and O–H groups in total. The molecule has 0 saturated heterocycles. The minimum Gasteiger partial charge on any atom is -0.297 e. The Morgan fingerprint density at radius 2 is 1.40 bits per heavy atom. The van der Waals surface area contributed by atoms with Gasteiger partial charge >= 0.3 is 0 Å². The predicted molar refractivity (Wildman–Crippen MR) is 45.7 cm³/mol. The second-order valence-corrected chi connectivity index (χ2v) is 3.06. The van der Waals surface area contributed by atoms with Crippen molar-refractivity contribution >= 4 is 5.71 Å². The summed E-state index contributed by atoms with van der Waals surface area (Å²) in [6.07, 6.45) is 9.53. The molecular formula is C9H17N. The van der Waals surface area contributed by atoms with Gasteiger partial charge in [0.2, 0.25) is 0 Å². The van der Waals surface area contributed by atoms with Crippen LogP contribution in [0.1, 0.15) is 44.9 Å². The molecule has 0 spiro atoms. The van der Waals surface area contributed by atoms with E-state index >= 15 is 0 Å². The van der Waals surface area contributed by atoms with Crippen LogP contribution in [0.5, 0.6) is 0 Å². The molecular weight excluding hydrogens is 122 g/mol. The molecule has 0 aromatic carbocycles. The van der Waals surface area contributed by atoms with E-state index in [1.54, 1.807) is 0 Å². The number of rotatable bonds is 0. The Hall–Kier alpha value is -0.330. The van der Waals surface area contributed by atoms with E-state index in [0.29, 0.717) is 0 Å². The van der Waals surface area contributed by atoms with Gasteiger partial charge in [0.05, 0.1) is 0 Å². The van der Waals surface area contributed by atoms with Gasteiger partial charge in [0, 0.05) is 12.8 Å². The van der Waals surface area contributed by atoms with E-state index in [9.17, 15) is 0 Å². The Balaban J connectivity index is 2.30. The van der Waals surface area contributed by atoms with Gasteiger partial charge in [0.1, 0.15) is 0 Å². The molecule has 1 saturated carbocycles. The molecule has 1 nitrogen and oxygen atoms in total. The van der Waals surface area contributed by atoms with E-state index in [2.05, 4.69) is 4.99 Å². The summed E-state index contributed by atoms with van der Waals surface area (Å²) in [6, 6.07) is 0. The maximum atomic E-state index is 4.27. The van der Waals surface area contributed by atoms with Crippen molar-refractivity contribution in [1.82, 2.24) is 0 Å². The molecule has 1 fully saturated rings. The summed E-state index contributed by atoms with van der Waals surface area (Å²) in [4.78, 5) is 4.27. The lowest BCUT2D eigenvalue weighted by atomic mass is 9.99. The van der Waals surface area contributed by atoms with Gasteiger partial charge < -0.3 is 0 Å². The third-order valence-electron chi connectivity index (χ3n) is 2.25. The van der Waals surface area contributed by atoms with E-state index in [0.717, 1.165) is 0 Å². The third kappa shape index (κ3) is 2.51. The molecule has 0 aromatic rings. The standard InChI is InChI=1S/C9H17N/c1-10-9-7-5-3-2-4-6-8-9/h2-8H2,1H3. The van der Waals surface area contributed by atoms with Crippen molar-refractivity contribution in [3.05, 3.63) is 0 Å². The van der Waals surface area contributed by atoms with Crippen molar-refractivity contribution in [2.24, 2.45) is 4.99 Å². The lowest BCUT2D eigenvalue weighted by Gasteiger charge is -2.09. The van der Waals surface area contributed by atoms with Crippen LogP contribution in [-0.2, 0) is 0 Å². The average Bonchev–Trinajstić information content (AvgIpc) is 1.87. The molecule has 0 unspecified atom stereocenters. The van der Waals surface area contributed by atoms with E-state index in [1.807, 2.05) is 7.05 Å². The first kappa shape index (κ1) is 7.77. The van der Waals surface area contributed by atoms with Crippen molar-refractivity contribution in [3.8, 4) is 0 Å². The topological polar surface area (TPSA) is 12.4 Å². The van der Waals surface area contributed by atoms with Crippen LogP contribution in [0.4, 0.5) is 0 Å². The zero-order chi connectivity index (χ0) is 7.23. The molecule has 1 rings (SSSR count). The van der Waals surface area contributed by atoms with Crippen molar-refractivity contribution < 1.29 is 0 Å². The number of nitrogens with zero attached hydrogens (tertiary/aromatic N) is 1. The first-order valence-electron chi connectivity index (χ1n) is 4.38. The first-order chi connectivity index (χ1) is 4.93. The van der Waals surface area contributed by atoms with Crippen LogP contribution in [0.25, 0.3) is 0 Å². The van der Waals surface area contributed by atoms with Gasteiger partial charge in [-0.3, -0.25) is 4.99 Å². The number of aliphatic imine (C=N–C) groups is 1. The molecule has 0 aliphatic heterocycles. The first-order valence-corrected chi connectivity index (χ1v) is 4.38. The van der Waals surface area contributed by atoms with Crippen molar-refractivity contribution in [1.29, 1.82) is 0 Å². The summed E-state index contributed by atoms with van der Waals surface area (Å²) in [7, 11) is 1.93. The molecule has 1 aliphatic rings. The summed E-state index contributed by atoms with van der Waals surface area (Å²) < 4.78 is 0. The molecule has 1 aliphatic carbocycles. The second kappa shape index (κ2) is 4.48. The third-order valence-corrected chi connectivity index (χ3v) is 2.25. The monoisotopic (exact) mass is 139 g/mol. The van der Waals surface area contributed by atoms with E-state index < -0.39 is 0 Å². The summed E-state index contributed by atoms with van der Waals surface area (Å²) in [5.41, 5.74) is 1.44. The zero-order valence-corrected chi connectivity index (χ0v) is 6.90. The van der Waals surface area contributed by atoms with Crippen LogP contribution in [0.2, 0.25) is 0 Å². The fourth-order valence-electron chi connectivity index (χ4n) is 1.54. The summed E-state index contributed by atoms with van der Waals surface area (Å²) in [5.74, 6) is 0. The van der Waals surface area contributed by atoms with Crippen LogP contribution in [0.15, 0.2) is 4.99 Å². The maximum absolute atomic E-state index is 4.27. The minimum absolute atomic E-state index is 1.26. The Morgan fingerprint density at radius 1 is 0.900 bits per heavy atom. The fraction of sp³-hybridized carbons (Fsp3) is 0.889. The summed E-state index contributed by atoms with van der Waals surface area (Å²) in [5, 5.41) is 0. The van der Waals surface area contributed by atoms with Crippen LogP contribution in [0.3, 0.4) is 0 Å². The van der Waals surface area contributed by atoms with Crippen LogP contribution >= 0.6 is 0 Å². The smallest absolute Gasteiger partial charge is 0.0276 e. The van der Waals surface area contributed by atoms with Gasteiger partial charge in [-0.2, -0.15) is 0 Å². The molecule has 0 radical (unpaired) electrons. The molecule has 10 heavy (non-hydrogen) atoms. The van der Waals surface area contributed by atoms with Gasteiger partial charge in [-0.1, -0.05) is 19.3 Å². The van der Waals surface area contributed by atoms with Gasteiger partial charge in [0.25, 0.3) is 0 Å². The molecule has 0 amide bonds. The average molecular weight is 139 g/mol. The predicted octanol–water partition coefficient (Wildman–Crippen LogP) is 2.80. The Bertz CT molecular complexity index is 106. The largest absolute Gasteiger partial charge is 0.297 e. The van der Waals surface area contributed by atoms with Crippen molar-refractivity contribution in [2.75, 3.05) is 7.05 Å². The Kier molecular flexibility index (Phi) is 3.48. The Morgan fingerprint density at radius 3 is 1.90 bits per heavy atom. The lowest BCUT2D eigenvalue weighted by Crippen LogP contribution is -2.01. The van der Waals surface area contributed by atoms with Crippen molar-refractivity contribution in [2.45, 2.75) is 44.9 Å². The quantitative estimate of drug-likeness (QED) is 0.489. The van der Waals surface area contributed by atoms with Gasteiger partial charge in [-0.05, 0) is 25.7 Å². The Labute approximate surface area is 63.5 Å². The van der Waals surface area contributed by atoms with E-state index in [1.165, 1.54) is 50.7 Å². The highest BCUT2D eigenvalue weighted by atomic mass is 14.7. The fourth-order valence-corrected chi connectivity index (χ4v) is 1.54. The zero-order valence-electron chi connectivity index (χ0n) is 6.90. The van der Waals surface area contributed by atoms with Crippen LogP contribution in [-0.4, -0.2) is 12.8 Å². The number of hydrogen-bond donors (Lipinski definition) is 0. The van der Waals surface area contributed by atoms with Crippen LogP contribution in [0, 0.1) is 0 Å². The SMILES string of the molecule is CN=C1CCCCCCC1. The minimum atomic E-state index is 1.26. The summed E-state index contributed by atoms with van der Waals surface area (Å²) >= 11 is 0. The normalized spacial score (nSPS) is 21.5. The van der Waals surface area contributed by atoms with Gasteiger partial charge in [0.15, 0.2) is 0 Å². The molecule has 0 aromatic heterocycles. The van der Waals surface area contributed by atoms with Crippen LogP contribution < -0.4 is 0 Å². The number of hydrogen-bond acceptors (Lipinski definition) is 1. The maximum Gasteiger partial charge on any atom is 0.0276 e. The van der Waals surface area contributed by atoms with E-state index in [4.69, 9.17) is 0 Å². The lowest BCUT2D eigenvalue weighted by molar-refractivity contribution is 0.606. The second-order valence-electron chi connectivity index (χ2n) is 3.06. The summed E-state index contributed by atoms with van der Waals surface area (Å²) in [6.45, 7) is 0.